The molecule has 3 nitrogen and oxygen atoms in total. The van der Waals surface area contributed by atoms with Gasteiger partial charge in [-0.25, -0.2) is 0 Å². The number of benzene rings is 1. The maximum Gasteiger partial charge on any atom is 0.276 e. The van der Waals surface area contributed by atoms with Crippen LogP contribution in [0.15, 0.2) is 36.5 Å². The number of carbonyl (C=O) groups excluding carboxylic acids is 1. The highest BCUT2D eigenvalue weighted by molar-refractivity contribution is 6.31. The summed E-state index contributed by atoms with van der Waals surface area (Å²) >= 11 is 5.88. The lowest BCUT2D eigenvalue weighted by Gasteiger charge is -2.18. The highest BCUT2D eigenvalue weighted by Crippen LogP contribution is 2.19. The zero-order valence-electron chi connectivity index (χ0n) is 11.1. The fourth-order valence-electron chi connectivity index (χ4n) is 1.96. The third-order valence-corrected chi connectivity index (χ3v) is 3.07. The smallest absolute Gasteiger partial charge is 0.276 e. The van der Waals surface area contributed by atoms with Gasteiger partial charge in [-0.1, -0.05) is 17.7 Å². The van der Waals surface area contributed by atoms with E-state index in [0.717, 1.165) is 16.8 Å². The van der Waals surface area contributed by atoms with Gasteiger partial charge in [-0.2, -0.15) is 0 Å². The van der Waals surface area contributed by atoms with Crippen molar-refractivity contribution in [1.29, 1.82) is 0 Å². The summed E-state index contributed by atoms with van der Waals surface area (Å²) in [6, 6.07) is 9.22. The van der Waals surface area contributed by atoms with Crippen LogP contribution in [-0.4, -0.2) is 17.9 Å². The molecule has 0 aliphatic carbocycles. The minimum absolute atomic E-state index is 0.174. The Bertz CT molecular complexity index is 605. The third-order valence-electron chi connectivity index (χ3n) is 2.84. The average molecular weight is 275 g/mol. The Balaban J connectivity index is 2.33. The van der Waals surface area contributed by atoms with Gasteiger partial charge < -0.3 is 4.90 Å². The predicted octanol–water partition coefficient (Wildman–Crippen LogP) is 3.63. The Morgan fingerprint density at radius 3 is 2.37 bits per heavy atom. The summed E-state index contributed by atoms with van der Waals surface area (Å²) in [7, 11) is 1.74. The molecule has 0 fully saturated rings. The second kappa shape index (κ2) is 5.41. The Morgan fingerprint density at radius 2 is 1.79 bits per heavy atom. The van der Waals surface area contributed by atoms with Gasteiger partial charge in [0, 0.05) is 24.0 Å². The molecule has 0 unspecified atom stereocenters. The van der Waals surface area contributed by atoms with E-state index < -0.39 is 0 Å². The van der Waals surface area contributed by atoms with E-state index in [2.05, 4.69) is 11.1 Å². The van der Waals surface area contributed by atoms with E-state index in [4.69, 9.17) is 11.6 Å². The van der Waals surface area contributed by atoms with Crippen molar-refractivity contribution in [3.8, 4) is 0 Å². The second-order valence-corrected chi connectivity index (χ2v) is 5.01. The van der Waals surface area contributed by atoms with Crippen LogP contribution in [0.3, 0.4) is 0 Å². The fourth-order valence-corrected chi connectivity index (χ4v) is 2.11. The van der Waals surface area contributed by atoms with Crippen LogP contribution in [0, 0.1) is 13.8 Å². The maximum atomic E-state index is 12.3. The molecule has 0 aliphatic rings. The number of rotatable bonds is 2. The lowest BCUT2D eigenvalue weighted by molar-refractivity contribution is 0.0988. The summed E-state index contributed by atoms with van der Waals surface area (Å²) in [4.78, 5) is 18.0. The van der Waals surface area contributed by atoms with Crippen molar-refractivity contribution in [1.82, 2.24) is 4.98 Å². The minimum atomic E-state index is -0.174. The molecule has 1 heterocycles. The first-order valence-electron chi connectivity index (χ1n) is 5.95. The number of carbonyl (C=O) groups is 1. The zero-order valence-corrected chi connectivity index (χ0v) is 11.9. The van der Waals surface area contributed by atoms with Crippen LogP contribution in [0.2, 0.25) is 5.02 Å². The lowest BCUT2D eigenvalue weighted by atomic mass is 10.1. The first kappa shape index (κ1) is 13.6. The second-order valence-electron chi connectivity index (χ2n) is 4.57. The number of aryl methyl sites for hydroxylation is 2. The molecule has 4 heteroatoms. The van der Waals surface area contributed by atoms with Crippen molar-refractivity contribution in [3.05, 3.63) is 58.4 Å². The number of hydrogen-bond donors (Lipinski definition) is 0. The molecule has 19 heavy (non-hydrogen) atoms. The molecule has 0 saturated heterocycles. The van der Waals surface area contributed by atoms with Crippen molar-refractivity contribution >= 4 is 23.2 Å². The molecule has 0 N–H and O–H groups in total. The molecule has 0 saturated carbocycles. The summed E-state index contributed by atoms with van der Waals surface area (Å²) in [6.45, 7) is 4.01. The summed E-state index contributed by atoms with van der Waals surface area (Å²) in [5, 5.41) is 0.507. The summed E-state index contributed by atoms with van der Waals surface area (Å²) in [5.41, 5.74) is 3.43. The van der Waals surface area contributed by atoms with Gasteiger partial charge in [0.2, 0.25) is 0 Å². The van der Waals surface area contributed by atoms with Crippen LogP contribution in [0.1, 0.15) is 21.6 Å². The van der Waals surface area contributed by atoms with Gasteiger partial charge in [0.05, 0.1) is 0 Å². The van der Waals surface area contributed by atoms with Crippen LogP contribution >= 0.6 is 11.6 Å². The standard InChI is InChI=1S/C15H15ClN2O/c1-10-6-11(2)8-13(7-10)18(3)15(19)14-9-12(16)4-5-17-14/h4-9H,1-3H3. The van der Waals surface area contributed by atoms with Gasteiger partial charge >= 0.3 is 0 Å². The number of hydrogen-bond acceptors (Lipinski definition) is 2. The van der Waals surface area contributed by atoms with Gasteiger partial charge in [-0.15, -0.1) is 0 Å². The topological polar surface area (TPSA) is 33.2 Å². The highest BCUT2D eigenvalue weighted by Gasteiger charge is 2.15. The van der Waals surface area contributed by atoms with Crippen molar-refractivity contribution in [2.75, 3.05) is 11.9 Å². The quantitative estimate of drug-likeness (QED) is 0.838. The van der Waals surface area contributed by atoms with E-state index >= 15 is 0 Å². The molecular weight excluding hydrogens is 260 g/mol. The van der Waals surface area contributed by atoms with E-state index in [1.807, 2.05) is 26.0 Å². The maximum absolute atomic E-state index is 12.3. The molecular formula is C15H15ClN2O. The highest BCUT2D eigenvalue weighted by atomic mass is 35.5. The van der Waals surface area contributed by atoms with Crippen LogP contribution in [0.25, 0.3) is 0 Å². The SMILES string of the molecule is Cc1cc(C)cc(N(C)C(=O)c2cc(Cl)ccn2)c1. The first-order chi connectivity index (χ1) is 8.97. The molecule has 0 atom stereocenters. The number of aromatic nitrogens is 1. The Kier molecular flexibility index (Phi) is 3.86. The predicted molar refractivity (Wildman–Crippen MR) is 77.9 cm³/mol. The molecule has 2 rings (SSSR count). The first-order valence-corrected chi connectivity index (χ1v) is 6.33. The number of anilines is 1. The van der Waals surface area contributed by atoms with Gasteiger partial charge in [-0.3, -0.25) is 9.78 Å². The fraction of sp³-hybridized carbons (Fsp3) is 0.200. The molecule has 0 spiro atoms. The van der Waals surface area contributed by atoms with Gasteiger partial charge in [0.1, 0.15) is 5.69 Å². The molecule has 1 amide bonds. The van der Waals surface area contributed by atoms with Crippen molar-refractivity contribution < 1.29 is 4.79 Å². The van der Waals surface area contributed by atoms with Gasteiger partial charge in [0.25, 0.3) is 5.91 Å². The van der Waals surface area contributed by atoms with Crippen molar-refractivity contribution in [2.24, 2.45) is 0 Å². The summed E-state index contributed by atoms with van der Waals surface area (Å²) in [6.07, 6.45) is 1.53. The van der Waals surface area contributed by atoms with Gasteiger partial charge in [-0.05, 0) is 49.2 Å². The number of pyridine rings is 1. The third kappa shape index (κ3) is 3.12. The summed E-state index contributed by atoms with van der Waals surface area (Å²) in [5.74, 6) is -0.174. The van der Waals surface area contributed by atoms with E-state index in [0.29, 0.717) is 10.7 Å². The van der Waals surface area contributed by atoms with E-state index in [1.165, 1.54) is 6.20 Å². The van der Waals surface area contributed by atoms with Crippen molar-refractivity contribution in [2.45, 2.75) is 13.8 Å². The molecule has 0 bridgehead atoms. The van der Waals surface area contributed by atoms with Crippen LogP contribution in [-0.2, 0) is 0 Å². The van der Waals surface area contributed by atoms with Crippen molar-refractivity contribution in [3.63, 3.8) is 0 Å². The normalized spacial score (nSPS) is 10.3. The molecule has 0 radical (unpaired) electrons. The molecule has 98 valence electrons. The molecule has 0 aliphatic heterocycles. The monoisotopic (exact) mass is 274 g/mol. The number of nitrogens with zero attached hydrogens (tertiary/aromatic N) is 2. The number of halogens is 1. The average Bonchev–Trinajstić information content (AvgIpc) is 2.36. The largest absolute Gasteiger partial charge is 0.310 e. The molecule has 1 aromatic heterocycles. The van der Waals surface area contributed by atoms with Crippen LogP contribution < -0.4 is 4.90 Å². The van der Waals surface area contributed by atoms with E-state index in [-0.39, 0.29) is 5.91 Å². The zero-order chi connectivity index (χ0) is 14.0. The molecule has 1 aromatic carbocycles. The van der Waals surface area contributed by atoms with Crippen LogP contribution in [0.5, 0.6) is 0 Å². The van der Waals surface area contributed by atoms with Crippen LogP contribution in [0.4, 0.5) is 5.69 Å². The minimum Gasteiger partial charge on any atom is -0.310 e. The van der Waals surface area contributed by atoms with E-state index in [1.54, 1.807) is 24.1 Å². The lowest BCUT2D eigenvalue weighted by Crippen LogP contribution is -2.27. The Morgan fingerprint density at radius 1 is 1.16 bits per heavy atom. The summed E-state index contributed by atoms with van der Waals surface area (Å²) < 4.78 is 0. The Labute approximate surface area is 117 Å². The number of amides is 1. The Hall–Kier alpha value is -1.87. The molecule has 2 aromatic rings. The van der Waals surface area contributed by atoms with E-state index in [9.17, 15) is 4.79 Å². The van der Waals surface area contributed by atoms with Gasteiger partial charge in [0.15, 0.2) is 0 Å².